The molecule has 0 aliphatic heterocycles. The zero-order valence-corrected chi connectivity index (χ0v) is 14.0. The van der Waals surface area contributed by atoms with Crippen molar-refractivity contribution in [2.24, 2.45) is 0 Å². The van der Waals surface area contributed by atoms with Gasteiger partial charge >= 0.3 is 0 Å². The summed E-state index contributed by atoms with van der Waals surface area (Å²) in [6.07, 6.45) is 17.1. The van der Waals surface area contributed by atoms with Gasteiger partial charge in [0.05, 0.1) is 6.54 Å². The molecule has 2 aromatic rings. The molecule has 0 saturated carbocycles. The lowest BCUT2D eigenvalue weighted by Crippen LogP contribution is -1.87. The van der Waals surface area contributed by atoms with Gasteiger partial charge in [-0.15, -0.1) is 21.2 Å². The maximum absolute atomic E-state index is 4.56. The molecule has 0 unspecified atom stereocenters. The fourth-order valence-electron chi connectivity index (χ4n) is 2.54. The first kappa shape index (κ1) is 17.5. The third-order valence-electron chi connectivity index (χ3n) is 3.96. The van der Waals surface area contributed by atoms with E-state index in [1.165, 1.54) is 55.4 Å². The van der Waals surface area contributed by atoms with Crippen LogP contribution in [0.5, 0.6) is 0 Å². The van der Waals surface area contributed by atoms with Crippen LogP contribution in [-0.2, 0) is 13.0 Å². The summed E-state index contributed by atoms with van der Waals surface area (Å²) in [5.74, 6) is 6.56. The van der Waals surface area contributed by atoms with Crippen LogP contribution in [0.4, 0.5) is 0 Å². The minimum Gasteiger partial charge on any atom is -0.264 e. The van der Waals surface area contributed by atoms with Gasteiger partial charge in [0.1, 0.15) is 0 Å². The number of hydrogen-bond donors (Lipinski definition) is 0. The molecule has 0 aromatic carbocycles. The molecule has 2 rings (SSSR count). The molecule has 126 valence electrons. The Morgan fingerprint density at radius 1 is 0.870 bits per heavy atom. The second-order valence-electron chi connectivity index (χ2n) is 6.00. The molecule has 0 radical (unpaired) electrons. The number of rotatable bonds is 12. The van der Waals surface area contributed by atoms with Gasteiger partial charge in [-0.3, -0.25) is 4.98 Å². The summed E-state index contributed by atoms with van der Waals surface area (Å²) in [5, 5.41) is 0. The minimum atomic E-state index is 0.902. The van der Waals surface area contributed by atoms with Crippen molar-refractivity contribution < 1.29 is 9.36 Å². The van der Waals surface area contributed by atoms with E-state index in [9.17, 15) is 0 Å². The van der Waals surface area contributed by atoms with Crippen molar-refractivity contribution in [1.82, 2.24) is 9.90 Å². The van der Waals surface area contributed by atoms with Crippen LogP contribution in [0.15, 0.2) is 33.9 Å². The van der Waals surface area contributed by atoms with Crippen molar-refractivity contribution in [3.05, 3.63) is 30.1 Å². The Balaban J connectivity index is 1.31. The van der Waals surface area contributed by atoms with Crippen molar-refractivity contribution in [3.8, 4) is 11.8 Å². The van der Waals surface area contributed by atoms with Crippen LogP contribution < -0.4 is 0 Å². The molecule has 4 nitrogen and oxygen atoms in total. The van der Waals surface area contributed by atoms with Crippen LogP contribution in [0.3, 0.4) is 0 Å². The van der Waals surface area contributed by atoms with E-state index in [-0.39, 0.29) is 0 Å². The first-order valence-electron chi connectivity index (χ1n) is 8.92. The SMILES string of the molecule is C(#CCCc1cccnc1)CCCCCCCCCCn1oo1. The van der Waals surface area contributed by atoms with Crippen LogP contribution in [0.25, 0.3) is 0 Å². The van der Waals surface area contributed by atoms with Crippen LogP contribution in [0, 0.1) is 11.8 Å². The van der Waals surface area contributed by atoms with Gasteiger partial charge < -0.3 is 0 Å². The average Bonchev–Trinajstić information content (AvgIpc) is 3.40. The third-order valence-corrected chi connectivity index (χ3v) is 3.96. The normalized spacial score (nSPS) is 10.6. The van der Waals surface area contributed by atoms with Gasteiger partial charge in [-0.2, -0.15) is 0 Å². The Bertz CT molecular complexity index is 533. The van der Waals surface area contributed by atoms with E-state index in [0.29, 0.717) is 0 Å². The van der Waals surface area contributed by atoms with Gasteiger partial charge in [-0.25, -0.2) is 0 Å². The minimum absolute atomic E-state index is 0.902. The monoisotopic (exact) mass is 316 g/mol. The molecule has 4 heteroatoms. The lowest BCUT2D eigenvalue weighted by molar-refractivity contribution is 0.264. The molecular weight excluding hydrogens is 288 g/mol. The third kappa shape index (κ3) is 9.67. The first-order valence-corrected chi connectivity index (χ1v) is 8.92. The molecule has 0 amide bonds. The predicted octanol–water partition coefficient (Wildman–Crippen LogP) is 5.22. The molecule has 0 aliphatic rings. The fourth-order valence-corrected chi connectivity index (χ4v) is 2.54. The van der Waals surface area contributed by atoms with Crippen molar-refractivity contribution in [1.29, 1.82) is 0 Å². The Morgan fingerprint density at radius 3 is 2.26 bits per heavy atom. The van der Waals surface area contributed by atoms with Crippen molar-refractivity contribution >= 4 is 0 Å². The molecule has 0 spiro atoms. The van der Waals surface area contributed by atoms with Gasteiger partial charge in [0.25, 0.3) is 0 Å². The highest BCUT2D eigenvalue weighted by Crippen LogP contribution is 2.10. The molecule has 23 heavy (non-hydrogen) atoms. The van der Waals surface area contributed by atoms with Crippen LogP contribution >= 0.6 is 0 Å². The first-order chi connectivity index (χ1) is 11.4. The summed E-state index contributed by atoms with van der Waals surface area (Å²) in [4.78, 5) is 5.64. The number of pyridine rings is 1. The van der Waals surface area contributed by atoms with Crippen molar-refractivity contribution in [2.45, 2.75) is 77.2 Å². The molecule has 0 N–H and O–H groups in total. The van der Waals surface area contributed by atoms with Gasteiger partial charge in [0, 0.05) is 30.1 Å². The molecule has 0 atom stereocenters. The summed E-state index contributed by atoms with van der Waals surface area (Å²) in [7, 11) is 0. The molecular formula is C19H28N2O2. The van der Waals surface area contributed by atoms with Gasteiger partial charge in [-0.05, 0) is 30.9 Å². The average molecular weight is 316 g/mol. The van der Waals surface area contributed by atoms with Crippen LogP contribution in [-0.4, -0.2) is 9.90 Å². The Kier molecular flexibility index (Phi) is 8.84. The van der Waals surface area contributed by atoms with Crippen molar-refractivity contribution in [2.75, 3.05) is 0 Å². The highest BCUT2D eigenvalue weighted by atomic mass is 17.3. The highest BCUT2D eigenvalue weighted by Gasteiger charge is 2.00. The van der Waals surface area contributed by atoms with E-state index in [0.717, 1.165) is 32.2 Å². The van der Waals surface area contributed by atoms with Crippen LogP contribution in [0.1, 0.15) is 69.8 Å². The van der Waals surface area contributed by atoms with E-state index < -0.39 is 0 Å². The van der Waals surface area contributed by atoms with Gasteiger partial charge in [0.15, 0.2) is 0 Å². The van der Waals surface area contributed by atoms with Gasteiger partial charge in [-0.1, -0.05) is 44.6 Å². The lowest BCUT2D eigenvalue weighted by Gasteiger charge is -1.99. The maximum Gasteiger partial charge on any atom is 0.0996 e. The molecule has 0 aliphatic carbocycles. The zero-order valence-electron chi connectivity index (χ0n) is 14.0. The second-order valence-corrected chi connectivity index (χ2v) is 6.00. The summed E-state index contributed by atoms with van der Waals surface area (Å²) in [6.45, 7) is 0.902. The Labute approximate surface area is 139 Å². The van der Waals surface area contributed by atoms with E-state index >= 15 is 0 Å². The summed E-state index contributed by atoms with van der Waals surface area (Å²) in [6, 6.07) is 4.09. The highest BCUT2D eigenvalue weighted by molar-refractivity contribution is 5.11. The fraction of sp³-hybridized carbons (Fsp3) is 0.632. The number of unbranched alkanes of at least 4 members (excludes halogenated alkanes) is 8. The second kappa shape index (κ2) is 11.6. The maximum atomic E-state index is 4.56. The molecule has 0 bridgehead atoms. The number of nitrogens with zero attached hydrogens (tertiary/aromatic N) is 2. The summed E-state index contributed by atoms with van der Waals surface area (Å²) < 4.78 is 9.12. The quantitative estimate of drug-likeness (QED) is 0.306. The Morgan fingerprint density at radius 2 is 1.57 bits per heavy atom. The number of aryl methyl sites for hydroxylation is 2. The zero-order chi connectivity index (χ0) is 16.0. The molecule has 0 saturated heterocycles. The lowest BCUT2D eigenvalue weighted by atomic mass is 10.1. The largest absolute Gasteiger partial charge is 0.264 e. The summed E-state index contributed by atoms with van der Waals surface area (Å²) in [5.41, 5.74) is 1.27. The van der Waals surface area contributed by atoms with E-state index in [1.807, 2.05) is 18.5 Å². The molecule has 0 fully saturated rings. The van der Waals surface area contributed by atoms with E-state index in [2.05, 4.69) is 32.3 Å². The number of aromatic nitrogens is 2. The molecule has 2 aromatic heterocycles. The standard InChI is InChI=1S/C19H28N2O2/c1(2-4-6-8-10-12-17-21-22-23-21)3-5-7-9-11-14-19-15-13-16-20-18-19/h13,15-16,18H,1-6,8,10-12,14,17H2. The van der Waals surface area contributed by atoms with E-state index in [1.54, 1.807) is 0 Å². The predicted molar refractivity (Wildman–Crippen MR) is 90.9 cm³/mol. The van der Waals surface area contributed by atoms with Crippen molar-refractivity contribution in [3.63, 3.8) is 0 Å². The molecule has 2 heterocycles. The number of hydrogen-bond acceptors (Lipinski definition) is 3. The van der Waals surface area contributed by atoms with Crippen LogP contribution in [0.2, 0.25) is 0 Å². The van der Waals surface area contributed by atoms with Gasteiger partial charge in [0.2, 0.25) is 0 Å². The topological polar surface area (TPSA) is 44.1 Å². The summed E-state index contributed by atoms with van der Waals surface area (Å²) >= 11 is 0. The van der Waals surface area contributed by atoms with E-state index in [4.69, 9.17) is 0 Å². The Hall–Kier alpha value is -1.89. The smallest absolute Gasteiger partial charge is 0.0996 e.